The van der Waals surface area contributed by atoms with Crippen molar-refractivity contribution >= 4 is 5.78 Å². The van der Waals surface area contributed by atoms with Crippen LogP contribution in [0.5, 0.6) is 5.75 Å². The van der Waals surface area contributed by atoms with Crippen LogP contribution in [0, 0.1) is 17.5 Å². The zero-order valence-electron chi connectivity index (χ0n) is 6.94. The molecule has 0 unspecified atom stereocenters. The van der Waals surface area contributed by atoms with E-state index in [4.69, 9.17) is 4.74 Å². The average molecular weight is 202 g/mol. The summed E-state index contributed by atoms with van der Waals surface area (Å²) in [7, 11) is 0. The third kappa shape index (κ3) is 1.16. The van der Waals surface area contributed by atoms with E-state index in [1.54, 1.807) is 0 Å². The standard InChI is InChI=1S/C9H5F3O2/c10-4-3-5(11)8(12)9-7(4)6(13)1-2-14-9/h3H,1-2H2. The van der Waals surface area contributed by atoms with Gasteiger partial charge in [0.15, 0.2) is 17.3 Å². The van der Waals surface area contributed by atoms with E-state index >= 15 is 0 Å². The summed E-state index contributed by atoms with van der Waals surface area (Å²) in [6.45, 7) is -0.0500. The first-order valence-electron chi connectivity index (χ1n) is 3.94. The molecule has 1 aliphatic heterocycles. The number of hydrogen-bond donors (Lipinski definition) is 0. The smallest absolute Gasteiger partial charge is 0.201 e. The highest BCUT2D eigenvalue weighted by Gasteiger charge is 2.28. The van der Waals surface area contributed by atoms with Crippen molar-refractivity contribution in [2.75, 3.05) is 6.61 Å². The van der Waals surface area contributed by atoms with E-state index in [9.17, 15) is 18.0 Å². The lowest BCUT2D eigenvalue weighted by Gasteiger charge is -2.17. The molecular formula is C9H5F3O2. The van der Waals surface area contributed by atoms with Gasteiger partial charge in [-0.1, -0.05) is 0 Å². The van der Waals surface area contributed by atoms with E-state index < -0.39 is 34.5 Å². The molecule has 1 aromatic carbocycles. The van der Waals surface area contributed by atoms with Gasteiger partial charge in [-0.2, -0.15) is 4.39 Å². The maximum absolute atomic E-state index is 13.1. The van der Waals surface area contributed by atoms with E-state index in [0.29, 0.717) is 6.07 Å². The Labute approximate surface area is 77.3 Å². The summed E-state index contributed by atoms with van der Waals surface area (Å²) in [6, 6.07) is 0.348. The molecule has 0 saturated heterocycles. The predicted octanol–water partition coefficient (Wildman–Crippen LogP) is 2.07. The fourth-order valence-corrected chi connectivity index (χ4v) is 1.34. The molecule has 0 saturated carbocycles. The minimum atomic E-state index is -1.35. The van der Waals surface area contributed by atoms with Gasteiger partial charge in [0.2, 0.25) is 5.82 Å². The Kier molecular flexibility index (Phi) is 1.94. The topological polar surface area (TPSA) is 26.3 Å². The highest BCUT2D eigenvalue weighted by atomic mass is 19.2. The Hall–Kier alpha value is -1.52. The quantitative estimate of drug-likeness (QED) is 0.602. The molecule has 0 radical (unpaired) electrons. The molecule has 0 N–H and O–H groups in total. The summed E-state index contributed by atoms with van der Waals surface area (Å²) in [5.41, 5.74) is -0.491. The van der Waals surface area contributed by atoms with Crippen LogP contribution in [0.3, 0.4) is 0 Å². The summed E-state index contributed by atoms with van der Waals surface area (Å²) in [6.07, 6.45) is -0.0189. The lowest BCUT2D eigenvalue weighted by Crippen LogP contribution is -2.19. The minimum absolute atomic E-state index is 0.0189. The highest BCUT2D eigenvalue weighted by molar-refractivity contribution is 5.99. The minimum Gasteiger partial charge on any atom is -0.489 e. The molecule has 0 fully saturated rings. The zero-order chi connectivity index (χ0) is 10.3. The van der Waals surface area contributed by atoms with Gasteiger partial charge in [-0.05, 0) is 0 Å². The van der Waals surface area contributed by atoms with Crippen LogP contribution in [-0.2, 0) is 0 Å². The number of carbonyl (C=O) groups is 1. The fraction of sp³-hybridized carbons (Fsp3) is 0.222. The van der Waals surface area contributed by atoms with E-state index in [1.807, 2.05) is 0 Å². The summed E-state index contributed by atoms with van der Waals surface area (Å²) < 4.78 is 43.5. The van der Waals surface area contributed by atoms with Crippen molar-refractivity contribution in [1.29, 1.82) is 0 Å². The normalized spacial score (nSPS) is 14.9. The van der Waals surface area contributed by atoms with Gasteiger partial charge in [0.1, 0.15) is 5.82 Å². The van der Waals surface area contributed by atoms with Crippen LogP contribution in [-0.4, -0.2) is 12.4 Å². The lowest BCUT2D eigenvalue weighted by molar-refractivity contribution is 0.0922. The van der Waals surface area contributed by atoms with Crippen LogP contribution < -0.4 is 4.74 Å². The largest absolute Gasteiger partial charge is 0.489 e. The Morgan fingerprint density at radius 2 is 1.93 bits per heavy atom. The predicted molar refractivity (Wildman–Crippen MR) is 40.8 cm³/mol. The van der Waals surface area contributed by atoms with Gasteiger partial charge in [0.25, 0.3) is 0 Å². The molecule has 0 amide bonds. The summed E-state index contributed by atoms with van der Waals surface area (Å²) in [4.78, 5) is 11.2. The van der Waals surface area contributed by atoms with Gasteiger partial charge in [-0.15, -0.1) is 0 Å². The van der Waals surface area contributed by atoms with Crippen molar-refractivity contribution in [2.24, 2.45) is 0 Å². The zero-order valence-corrected chi connectivity index (χ0v) is 6.94. The van der Waals surface area contributed by atoms with Crippen LogP contribution in [0.1, 0.15) is 16.8 Å². The number of fused-ring (bicyclic) bond motifs is 1. The van der Waals surface area contributed by atoms with Crippen molar-refractivity contribution in [3.05, 3.63) is 29.1 Å². The monoisotopic (exact) mass is 202 g/mol. The van der Waals surface area contributed by atoms with E-state index in [0.717, 1.165) is 0 Å². The van der Waals surface area contributed by atoms with Crippen molar-refractivity contribution in [3.8, 4) is 5.75 Å². The molecule has 74 valence electrons. The molecule has 5 heteroatoms. The number of rotatable bonds is 0. The molecule has 2 nitrogen and oxygen atoms in total. The maximum Gasteiger partial charge on any atom is 0.201 e. The summed E-state index contributed by atoms with van der Waals surface area (Å²) in [5.74, 6) is -4.92. The van der Waals surface area contributed by atoms with Gasteiger partial charge >= 0.3 is 0 Å². The third-order valence-corrected chi connectivity index (χ3v) is 1.98. The number of benzene rings is 1. The first-order chi connectivity index (χ1) is 6.61. The molecule has 1 aliphatic rings. The molecule has 0 aliphatic carbocycles. The van der Waals surface area contributed by atoms with Crippen molar-refractivity contribution in [3.63, 3.8) is 0 Å². The molecular weight excluding hydrogens is 197 g/mol. The molecule has 0 atom stereocenters. The lowest BCUT2D eigenvalue weighted by atomic mass is 10.0. The maximum atomic E-state index is 13.1. The molecule has 0 bridgehead atoms. The summed E-state index contributed by atoms with van der Waals surface area (Å²) >= 11 is 0. The molecule has 1 heterocycles. The van der Waals surface area contributed by atoms with Crippen LogP contribution in [0.15, 0.2) is 6.07 Å². The Morgan fingerprint density at radius 3 is 2.64 bits per heavy atom. The Morgan fingerprint density at radius 1 is 1.21 bits per heavy atom. The number of carbonyl (C=O) groups excluding carboxylic acids is 1. The Balaban J connectivity index is 2.72. The SMILES string of the molecule is O=C1CCOc2c(F)c(F)cc(F)c21. The van der Waals surface area contributed by atoms with Gasteiger partial charge < -0.3 is 4.74 Å². The van der Waals surface area contributed by atoms with Crippen LogP contribution in [0.2, 0.25) is 0 Å². The second-order valence-electron chi connectivity index (χ2n) is 2.88. The average Bonchev–Trinajstić information content (AvgIpc) is 2.14. The number of hydrogen-bond acceptors (Lipinski definition) is 2. The molecule has 0 spiro atoms. The molecule has 14 heavy (non-hydrogen) atoms. The number of Topliss-reactive ketones (excluding diaryl/α,β-unsaturated/α-hetero) is 1. The molecule has 0 aromatic heterocycles. The van der Waals surface area contributed by atoms with E-state index in [-0.39, 0.29) is 13.0 Å². The van der Waals surface area contributed by atoms with Crippen LogP contribution >= 0.6 is 0 Å². The van der Waals surface area contributed by atoms with Gasteiger partial charge in [0, 0.05) is 12.5 Å². The Bertz CT molecular complexity index is 415. The number of ketones is 1. The first-order valence-corrected chi connectivity index (χ1v) is 3.94. The van der Waals surface area contributed by atoms with Gasteiger partial charge in [0.05, 0.1) is 12.2 Å². The second-order valence-corrected chi connectivity index (χ2v) is 2.88. The number of halogens is 3. The summed E-state index contributed by atoms with van der Waals surface area (Å²) in [5, 5.41) is 0. The van der Waals surface area contributed by atoms with Crippen molar-refractivity contribution in [1.82, 2.24) is 0 Å². The molecule has 1 aromatic rings. The fourth-order valence-electron chi connectivity index (χ4n) is 1.34. The van der Waals surface area contributed by atoms with Gasteiger partial charge in [-0.3, -0.25) is 4.79 Å². The molecule has 2 rings (SSSR count). The van der Waals surface area contributed by atoms with Crippen LogP contribution in [0.4, 0.5) is 13.2 Å². The van der Waals surface area contributed by atoms with Crippen molar-refractivity contribution in [2.45, 2.75) is 6.42 Å². The van der Waals surface area contributed by atoms with E-state index in [1.165, 1.54) is 0 Å². The van der Waals surface area contributed by atoms with Crippen molar-refractivity contribution < 1.29 is 22.7 Å². The highest BCUT2D eigenvalue weighted by Crippen LogP contribution is 2.31. The van der Waals surface area contributed by atoms with E-state index in [2.05, 4.69) is 0 Å². The first kappa shape index (κ1) is 9.05. The van der Waals surface area contributed by atoms with Crippen LogP contribution in [0.25, 0.3) is 0 Å². The second kappa shape index (κ2) is 3.01. The number of ether oxygens (including phenoxy) is 1. The van der Waals surface area contributed by atoms with Gasteiger partial charge in [-0.25, -0.2) is 8.78 Å². The third-order valence-electron chi connectivity index (χ3n) is 1.98.